The van der Waals surface area contributed by atoms with Crippen LogP contribution in [-0.2, 0) is 11.0 Å². The molecule has 3 amide bonds. The molecule has 0 bridgehead atoms. The van der Waals surface area contributed by atoms with Gasteiger partial charge in [-0.3, -0.25) is 14.1 Å². The summed E-state index contributed by atoms with van der Waals surface area (Å²) in [7, 11) is 2.13. The third-order valence-corrected chi connectivity index (χ3v) is 9.11. The number of benzene rings is 1. The molecule has 4 heterocycles. The lowest BCUT2D eigenvalue weighted by Gasteiger charge is -2.30. The number of carbonyl (C=O) groups is 2. The van der Waals surface area contributed by atoms with E-state index in [1.165, 1.54) is 6.07 Å². The first-order chi connectivity index (χ1) is 22.5. The van der Waals surface area contributed by atoms with Crippen LogP contribution >= 0.6 is 0 Å². The Kier molecular flexibility index (Phi) is 8.82. The number of nitrogens with one attached hydrogen (secondary N) is 2. The third kappa shape index (κ3) is 6.61. The van der Waals surface area contributed by atoms with Crippen molar-refractivity contribution in [3.8, 4) is 5.75 Å². The van der Waals surface area contributed by atoms with Gasteiger partial charge in [0, 0.05) is 34.5 Å². The number of aromatic nitrogens is 4. The van der Waals surface area contributed by atoms with Crippen LogP contribution in [0.15, 0.2) is 59.7 Å². The Bertz CT molecular complexity index is 1840. The van der Waals surface area contributed by atoms with Crippen molar-refractivity contribution in [3.63, 3.8) is 0 Å². The van der Waals surface area contributed by atoms with Gasteiger partial charge in [-0.2, -0.15) is 4.99 Å². The van der Waals surface area contributed by atoms with Gasteiger partial charge in [-0.15, -0.1) is 10.2 Å². The second-order valence-corrected chi connectivity index (χ2v) is 13.5. The van der Waals surface area contributed by atoms with Crippen LogP contribution in [0.3, 0.4) is 0 Å². The Morgan fingerprint density at radius 3 is 2.70 bits per heavy atom. The highest BCUT2D eigenvalue weighted by molar-refractivity contribution is 6.10. The number of urea groups is 1. The summed E-state index contributed by atoms with van der Waals surface area (Å²) >= 11 is 0. The summed E-state index contributed by atoms with van der Waals surface area (Å²) in [6.45, 7) is 9.09. The number of amides is 3. The molecule has 6 rings (SSSR count). The number of pyridine rings is 2. The smallest absolute Gasteiger partial charge is 0.345 e. The number of fused-ring (bicyclic) bond motifs is 2. The van der Waals surface area contributed by atoms with Crippen molar-refractivity contribution in [2.45, 2.75) is 70.4 Å². The third-order valence-electron chi connectivity index (χ3n) is 9.11. The van der Waals surface area contributed by atoms with Gasteiger partial charge in [0.15, 0.2) is 11.5 Å². The normalized spacial score (nSPS) is 20.7. The molecule has 1 aromatic carbocycles. The lowest BCUT2D eigenvalue weighted by Crippen LogP contribution is -2.37. The standard InChI is InChI=1S/C35H42N8O4/c1-34(2,3)29-20-22(19-27(38-29)31(45)36-16-18-44)37-33(46)39-26-12-13-28(25-10-7-6-9-24(25)26)47-23-11-14-30-40-41-32(43(30)21-23)35(4)15-8-17-42(35)5/h6-7,9-11,14,19-21,28,44H,8,12-13,15-18H2,1-5H3,(H,36,45)(H,37,38,46)/b39-26+/t28-,35+/m1/s1. The SMILES string of the molecule is CN1CCC[C@@]1(C)c1nnc2ccc(O[C@@H]3CC/C(=N\C(=O)Nc4cc(C(=O)NCCO)nc(C(C)(C)C)c4)c4ccccc43)cn12. The molecule has 0 spiro atoms. The van der Waals surface area contributed by atoms with Crippen LogP contribution in [0.1, 0.15) is 92.6 Å². The Labute approximate surface area is 274 Å². The van der Waals surface area contributed by atoms with Crippen molar-refractivity contribution in [3.05, 3.63) is 83.1 Å². The van der Waals surface area contributed by atoms with E-state index in [0.717, 1.165) is 42.0 Å². The van der Waals surface area contributed by atoms with Gasteiger partial charge >= 0.3 is 6.03 Å². The van der Waals surface area contributed by atoms with E-state index in [1.807, 2.05) is 67.8 Å². The maximum Gasteiger partial charge on any atom is 0.345 e. The number of aliphatic hydroxyl groups is 1. The van der Waals surface area contributed by atoms with Gasteiger partial charge in [0.05, 0.1) is 24.1 Å². The van der Waals surface area contributed by atoms with Gasteiger partial charge in [-0.05, 0) is 70.5 Å². The molecule has 1 aliphatic carbocycles. The number of anilines is 1. The minimum Gasteiger partial charge on any atom is -0.484 e. The summed E-state index contributed by atoms with van der Waals surface area (Å²) < 4.78 is 8.62. The second kappa shape index (κ2) is 12.8. The van der Waals surface area contributed by atoms with Crippen molar-refractivity contribution in [1.82, 2.24) is 29.8 Å². The first-order valence-electron chi connectivity index (χ1n) is 16.1. The molecular weight excluding hydrogens is 596 g/mol. The molecule has 47 heavy (non-hydrogen) atoms. The van der Waals surface area contributed by atoms with E-state index in [0.29, 0.717) is 35.7 Å². The first-order valence-corrected chi connectivity index (χ1v) is 16.1. The fraction of sp³-hybridized carbons (Fsp3) is 0.429. The van der Waals surface area contributed by atoms with Gasteiger partial charge < -0.3 is 20.5 Å². The molecule has 246 valence electrons. The van der Waals surface area contributed by atoms with E-state index >= 15 is 0 Å². The largest absolute Gasteiger partial charge is 0.484 e. The molecule has 0 radical (unpaired) electrons. The quantitative estimate of drug-likeness (QED) is 0.256. The minimum absolute atomic E-state index is 0.104. The van der Waals surface area contributed by atoms with Crippen LogP contribution in [0, 0.1) is 0 Å². The zero-order valence-electron chi connectivity index (χ0n) is 27.6. The highest BCUT2D eigenvalue weighted by atomic mass is 16.5. The minimum atomic E-state index is -0.544. The zero-order chi connectivity index (χ0) is 33.3. The molecule has 0 saturated carbocycles. The van der Waals surface area contributed by atoms with Crippen molar-refractivity contribution in [2.75, 3.05) is 32.1 Å². The Morgan fingerprint density at radius 2 is 1.96 bits per heavy atom. The fourth-order valence-corrected chi connectivity index (χ4v) is 6.33. The average Bonchev–Trinajstić information content (AvgIpc) is 3.63. The van der Waals surface area contributed by atoms with Crippen molar-refractivity contribution >= 4 is 29.0 Å². The fourth-order valence-electron chi connectivity index (χ4n) is 6.33. The van der Waals surface area contributed by atoms with Gasteiger partial charge in [0.25, 0.3) is 5.91 Å². The van der Waals surface area contributed by atoms with Crippen LogP contribution in [0.4, 0.5) is 10.5 Å². The molecule has 2 aliphatic rings. The van der Waals surface area contributed by atoms with E-state index < -0.39 is 11.9 Å². The molecule has 12 heteroatoms. The van der Waals surface area contributed by atoms with E-state index in [-0.39, 0.29) is 35.9 Å². The van der Waals surface area contributed by atoms with Crippen LogP contribution < -0.4 is 15.4 Å². The number of aliphatic imine (C=N–C) groups is 1. The second-order valence-electron chi connectivity index (χ2n) is 13.5. The number of ether oxygens (including phenoxy) is 1. The summed E-state index contributed by atoms with van der Waals surface area (Å²) in [4.78, 5) is 37.2. The molecule has 3 aromatic heterocycles. The summed E-state index contributed by atoms with van der Waals surface area (Å²) in [6.07, 6.45) is 5.04. The maximum absolute atomic E-state index is 13.3. The molecule has 1 fully saturated rings. The Morgan fingerprint density at radius 1 is 1.15 bits per heavy atom. The maximum atomic E-state index is 13.3. The van der Waals surface area contributed by atoms with Crippen LogP contribution in [0.2, 0.25) is 0 Å². The molecule has 1 aliphatic heterocycles. The first kappa shape index (κ1) is 32.3. The lowest BCUT2D eigenvalue weighted by molar-refractivity contribution is 0.0939. The zero-order valence-corrected chi connectivity index (χ0v) is 27.6. The number of nitrogens with zero attached hydrogens (tertiary/aromatic N) is 6. The number of hydrogen-bond acceptors (Lipinski definition) is 8. The van der Waals surface area contributed by atoms with E-state index in [9.17, 15) is 9.59 Å². The van der Waals surface area contributed by atoms with Crippen molar-refractivity contribution in [1.29, 1.82) is 0 Å². The number of rotatable bonds is 7. The summed E-state index contributed by atoms with van der Waals surface area (Å²) in [5.74, 6) is 1.19. The topological polar surface area (TPSA) is 146 Å². The van der Waals surface area contributed by atoms with Crippen LogP contribution in [0.5, 0.6) is 5.75 Å². The highest BCUT2D eigenvalue weighted by Crippen LogP contribution is 2.38. The number of carbonyl (C=O) groups excluding carboxylic acids is 2. The number of aliphatic hydroxyl groups excluding tert-OH is 1. The Balaban J connectivity index is 1.23. The monoisotopic (exact) mass is 638 g/mol. The van der Waals surface area contributed by atoms with Crippen LogP contribution in [-0.4, -0.2) is 74.0 Å². The van der Waals surface area contributed by atoms with Crippen molar-refractivity contribution in [2.24, 2.45) is 4.99 Å². The summed E-state index contributed by atoms with van der Waals surface area (Å²) in [5.41, 5.74) is 3.90. The molecule has 3 N–H and O–H groups in total. The average molecular weight is 639 g/mol. The molecule has 1 saturated heterocycles. The van der Waals surface area contributed by atoms with Gasteiger partial charge in [-0.1, -0.05) is 45.0 Å². The Hall–Kier alpha value is -4.68. The van der Waals surface area contributed by atoms with Crippen LogP contribution in [0.25, 0.3) is 5.65 Å². The lowest BCUT2D eigenvalue weighted by atomic mass is 9.87. The van der Waals surface area contributed by atoms with E-state index in [2.05, 4.69) is 49.7 Å². The summed E-state index contributed by atoms with van der Waals surface area (Å²) in [5, 5.41) is 23.5. The van der Waals surface area contributed by atoms with E-state index in [4.69, 9.17) is 9.84 Å². The summed E-state index contributed by atoms with van der Waals surface area (Å²) in [6, 6.07) is 14.4. The molecule has 12 nitrogen and oxygen atoms in total. The molecular formula is C35H42N8O4. The number of hydrogen-bond donors (Lipinski definition) is 3. The predicted octanol–water partition coefficient (Wildman–Crippen LogP) is 5.02. The molecule has 0 unspecified atom stereocenters. The molecule has 4 aromatic rings. The van der Waals surface area contributed by atoms with Gasteiger partial charge in [-0.25, -0.2) is 9.78 Å². The van der Waals surface area contributed by atoms with E-state index in [1.54, 1.807) is 6.07 Å². The van der Waals surface area contributed by atoms with Gasteiger partial charge in [0.2, 0.25) is 0 Å². The molecule has 2 atom stereocenters. The number of likely N-dealkylation sites (tertiary alicyclic amines) is 1. The predicted molar refractivity (Wildman–Crippen MR) is 179 cm³/mol. The highest BCUT2D eigenvalue weighted by Gasteiger charge is 2.39. The van der Waals surface area contributed by atoms with Gasteiger partial charge in [0.1, 0.15) is 17.5 Å². The van der Waals surface area contributed by atoms with Crippen molar-refractivity contribution < 1.29 is 19.4 Å².